The van der Waals surface area contributed by atoms with Gasteiger partial charge in [0.05, 0.1) is 24.2 Å². The quantitative estimate of drug-likeness (QED) is 0.469. The third-order valence-corrected chi connectivity index (χ3v) is 5.69. The van der Waals surface area contributed by atoms with E-state index in [0.717, 1.165) is 28.8 Å². The number of rotatable bonds is 9. The summed E-state index contributed by atoms with van der Waals surface area (Å²) in [6.07, 6.45) is 1.43. The summed E-state index contributed by atoms with van der Waals surface area (Å²) in [5, 5.41) is 6.56. The van der Waals surface area contributed by atoms with Crippen LogP contribution < -0.4 is 10.6 Å². The Morgan fingerprint density at radius 1 is 1.07 bits per heavy atom. The summed E-state index contributed by atoms with van der Waals surface area (Å²) in [5.74, 6) is 0.714. The van der Waals surface area contributed by atoms with E-state index in [1.165, 1.54) is 6.26 Å². The highest BCUT2D eigenvalue weighted by atomic mass is 32.2. The van der Waals surface area contributed by atoms with E-state index in [-0.39, 0.29) is 6.10 Å². The van der Waals surface area contributed by atoms with Gasteiger partial charge in [0.15, 0.2) is 15.8 Å². The lowest BCUT2D eigenvalue weighted by atomic mass is 10.1. The number of hydrogen-bond donors (Lipinski definition) is 2. The Morgan fingerprint density at radius 3 is 2.43 bits per heavy atom. The second-order valence-electron chi connectivity index (χ2n) is 7.60. The van der Waals surface area contributed by atoms with Crippen molar-refractivity contribution in [3.63, 3.8) is 0 Å². The van der Waals surface area contributed by atoms with Crippen LogP contribution in [-0.4, -0.2) is 33.3 Å². The van der Waals surface area contributed by atoms with Crippen LogP contribution in [0.25, 0.3) is 0 Å². The predicted molar refractivity (Wildman–Crippen MR) is 122 cm³/mol. The van der Waals surface area contributed by atoms with Gasteiger partial charge in [-0.15, -0.1) is 0 Å². The second-order valence-corrected chi connectivity index (χ2v) is 9.58. The van der Waals surface area contributed by atoms with Gasteiger partial charge in [0.2, 0.25) is 0 Å². The molecule has 7 heteroatoms. The number of guanidine groups is 1. The van der Waals surface area contributed by atoms with Crippen molar-refractivity contribution in [1.29, 1.82) is 0 Å². The predicted octanol–water partition coefficient (Wildman–Crippen LogP) is 3.58. The first-order valence-electron chi connectivity index (χ1n) is 10.2. The fraction of sp³-hybridized carbons (Fsp3) is 0.435. The van der Waals surface area contributed by atoms with E-state index in [1.807, 2.05) is 45.9 Å². The molecule has 0 amide bonds. The molecule has 30 heavy (non-hydrogen) atoms. The summed E-state index contributed by atoms with van der Waals surface area (Å²) in [6.45, 7) is 10.3. The zero-order chi connectivity index (χ0) is 22.1. The van der Waals surface area contributed by atoms with E-state index in [4.69, 9.17) is 4.74 Å². The van der Waals surface area contributed by atoms with E-state index >= 15 is 0 Å². The Kier molecular flexibility index (Phi) is 8.87. The zero-order valence-electron chi connectivity index (χ0n) is 18.5. The monoisotopic (exact) mass is 431 g/mol. The van der Waals surface area contributed by atoms with Gasteiger partial charge in [-0.3, -0.25) is 0 Å². The molecule has 0 fully saturated rings. The van der Waals surface area contributed by atoms with Crippen LogP contribution in [0.2, 0.25) is 0 Å². The minimum atomic E-state index is -3.21. The largest absolute Gasteiger partial charge is 0.374 e. The van der Waals surface area contributed by atoms with E-state index < -0.39 is 9.84 Å². The maximum absolute atomic E-state index is 11.8. The highest BCUT2D eigenvalue weighted by molar-refractivity contribution is 7.90. The van der Waals surface area contributed by atoms with Crippen LogP contribution >= 0.6 is 0 Å². The summed E-state index contributed by atoms with van der Waals surface area (Å²) >= 11 is 0. The molecule has 0 bridgehead atoms. The van der Waals surface area contributed by atoms with Crippen molar-refractivity contribution >= 4 is 15.8 Å². The number of benzene rings is 2. The average Bonchev–Trinajstić information content (AvgIpc) is 2.68. The SMILES string of the molecule is CCNC(=NCc1cccc(COC(C)C)c1)NCc1ccc(S(C)(=O)=O)c(C)c1. The molecule has 0 heterocycles. The molecule has 2 aromatic rings. The smallest absolute Gasteiger partial charge is 0.191 e. The second kappa shape index (κ2) is 11.1. The normalized spacial score (nSPS) is 12.3. The van der Waals surface area contributed by atoms with Crippen LogP contribution in [0.1, 0.15) is 43.0 Å². The van der Waals surface area contributed by atoms with Gasteiger partial charge < -0.3 is 15.4 Å². The number of ether oxygens (including phenoxy) is 1. The van der Waals surface area contributed by atoms with Crippen LogP contribution in [-0.2, 0) is 34.3 Å². The number of nitrogens with one attached hydrogen (secondary N) is 2. The molecule has 2 rings (SSSR count). The highest BCUT2D eigenvalue weighted by Crippen LogP contribution is 2.16. The van der Waals surface area contributed by atoms with Crippen molar-refractivity contribution < 1.29 is 13.2 Å². The van der Waals surface area contributed by atoms with Crippen molar-refractivity contribution in [2.75, 3.05) is 12.8 Å². The molecule has 0 aliphatic rings. The van der Waals surface area contributed by atoms with Gasteiger partial charge in [0.1, 0.15) is 0 Å². The van der Waals surface area contributed by atoms with Gasteiger partial charge in [-0.1, -0.05) is 36.4 Å². The van der Waals surface area contributed by atoms with E-state index in [2.05, 4.69) is 33.8 Å². The Bertz CT molecular complexity index is 969. The first-order valence-corrected chi connectivity index (χ1v) is 12.1. The summed E-state index contributed by atoms with van der Waals surface area (Å²) in [6, 6.07) is 13.6. The van der Waals surface area contributed by atoms with Crippen LogP contribution in [0.5, 0.6) is 0 Å². The Hall–Kier alpha value is -2.38. The van der Waals surface area contributed by atoms with Crippen LogP contribution in [0.3, 0.4) is 0 Å². The fourth-order valence-electron chi connectivity index (χ4n) is 3.02. The lowest BCUT2D eigenvalue weighted by Gasteiger charge is -2.13. The molecule has 0 saturated carbocycles. The number of aliphatic imine (C=N–C) groups is 1. The minimum Gasteiger partial charge on any atom is -0.374 e. The summed E-state index contributed by atoms with van der Waals surface area (Å²) in [7, 11) is -3.21. The lowest BCUT2D eigenvalue weighted by Crippen LogP contribution is -2.36. The van der Waals surface area contributed by atoms with Gasteiger partial charge >= 0.3 is 0 Å². The summed E-state index contributed by atoms with van der Waals surface area (Å²) in [5.41, 5.74) is 4.00. The van der Waals surface area contributed by atoms with E-state index in [0.29, 0.717) is 30.6 Å². The highest BCUT2D eigenvalue weighted by Gasteiger charge is 2.11. The molecule has 2 aromatic carbocycles. The molecule has 0 unspecified atom stereocenters. The number of nitrogens with zero attached hydrogens (tertiary/aromatic N) is 1. The van der Waals surface area contributed by atoms with Crippen LogP contribution in [0.15, 0.2) is 52.4 Å². The van der Waals surface area contributed by atoms with Crippen molar-refractivity contribution in [1.82, 2.24) is 10.6 Å². The van der Waals surface area contributed by atoms with Gasteiger partial charge in [-0.05, 0) is 56.0 Å². The average molecular weight is 432 g/mol. The summed E-state index contributed by atoms with van der Waals surface area (Å²) < 4.78 is 29.2. The van der Waals surface area contributed by atoms with E-state index in [9.17, 15) is 8.42 Å². The van der Waals surface area contributed by atoms with Crippen LogP contribution in [0, 0.1) is 6.92 Å². The molecular weight excluding hydrogens is 398 g/mol. The van der Waals surface area contributed by atoms with E-state index in [1.54, 1.807) is 6.07 Å². The van der Waals surface area contributed by atoms with Crippen molar-refractivity contribution in [3.8, 4) is 0 Å². The molecule has 0 aliphatic carbocycles. The van der Waals surface area contributed by atoms with Crippen molar-refractivity contribution in [2.24, 2.45) is 4.99 Å². The van der Waals surface area contributed by atoms with Crippen LogP contribution in [0.4, 0.5) is 0 Å². The zero-order valence-corrected chi connectivity index (χ0v) is 19.3. The standard InChI is InChI=1S/C23H33N3O3S/c1-6-24-23(25-14-19-8-7-9-21(13-19)16-29-17(2)3)26-15-20-10-11-22(18(4)12-20)30(5,27)28/h7-13,17H,6,14-16H2,1-5H3,(H2,24,25,26). The van der Waals surface area contributed by atoms with Crippen molar-refractivity contribution in [2.45, 2.75) is 58.4 Å². The first kappa shape index (κ1) is 23.9. The molecule has 0 saturated heterocycles. The Morgan fingerprint density at radius 2 is 1.80 bits per heavy atom. The number of sulfone groups is 1. The first-order chi connectivity index (χ1) is 14.2. The topological polar surface area (TPSA) is 79.8 Å². The van der Waals surface area contributed by atoms with Gasteiger partial charge in [-0.2, -0.15) is 0 Å². The van der Waals surface area contributed by atoms with Gasteiger partial charge in [0.25, 0.3) is 0 Å². The maximum atomic E-state index is 11.8. The molecule has 0 aliphatic heterocycles. The molecule has 164 valence electrons. The Balaban J connectivity index is 2.03. The lowest BCUT2D eigenvalue weighted by molar-refractivity contribution is 0.0657. The van der Waals surface area contributed by atoms with Gasteiger partial charge in [0, 0.05) is 19.3 Å². The fourth-order valence-corrected chi connectivity index (χ4v) is 3.98. The number of aryl methyl sites for hydroxylation is 1. The van der Waals surface area contributed by atoms with Crippen molar-refractivity contribution in [3.05, 3.63) is 64.7 Å². The molecule has 0 aromatic heterocycles. The maximum Gasteiger partial charge on any atom is 0.191 e. The molecule has 2 N–H and O–H groups in total. The molecule has 0 spiro atoms. The molecular formula is C23H33N3O3S. The minimum absolute atomic E-state index is 0.200. The molecule has 0 radical (unpaired) electrons. The Labute approximate surface area is 180 Å². The molecule has 6 nitrogen and oxygen atoms in total. The van der Waals surface area contributed by atoms with Gasteiger partial charge in [-0.25, -0.2) is 13.4 Å². The molecule has 0 atom stereocenters. The number of hydrogen-bond acceptors (Lipinski definition) is 4. The third-order valence-electron chi connectivity index (χ3n) is 4.44. The summed E-state index contributed by atoms with van der Waals surface area (Å²) in [4.78, 5) is 5.04. The third kappa shape index (κ3) is 7.80.